The van der Waals surface area contributed by atoms with Crippen LogP contribution in [0.15, 0.2) is 42.6 Å². The van der Waals surface area contributed by atoms with Crippen molar-refractivity contribution < 1.29 is 0 Å². The van der Waals surface area contributed by atoms with Gasteiger partial charge in [-0.25, -0.2) is 4.52 Å². The molecule has 0 spiro atoms. The first-order chi connectivity index (χ1) is 9.63. The summed E-state index contributed by atoms with van der Waals surface area (Å²) in [7, 11) is 3.97. The topological polar surface area (TPSA) is 71.5 Å². The van der Waals surface area contributed by atoms with Crippen molar-refractivity contribution >= 4 is 28.7 Å². The van der Waals surface area contributed by atoms with Crippen molar-refractivity contribution in [2.75, 3.05) is 30.0 Å². The van der Waals surface area contributed by atoms with E-state index >= 15 is 0 Å². The molecule has 0 saturated heterocycles. The largest absolute Gasteiger partial charge is 0.399 e. The molecule has 6 nitrogen and oxygen atoms in total. The molecule has 0 aliphatic rings. The number of fused-ring (bicyclic) bond motifs is 1. The van der Waals surface area contributed by atoms with Crippen molar-refractivity contribution in [3.63, 3.8) is 0 Å². The van der Waals surface area contributed by atoms with Gasteiger partial charge in [-0.1, -0.05) is 0 Å². The summed E-state index contributed by atoms with van der Waals surface area (Å²) in [5, 5.41) is 7.58. The first kappa shape index (κ1) is 12.3. The summed E-state index contributed by atoms with van der Waals surface area (Å²) in [5.74, 6) is 0.559. The highest BCUT2D eigenvalue weighted by atomic mass is 15.4. The van der Waals surface area contributed by atoms with Crippen LogP contribution in [0.2, 0.25) is 0 Å². The standard InChI is InChI=1S/C14H16N6/c1-19(2)12-4-3-9-20-13(12)17-14(18-20)16-11-7-5-10(15)6-8-11/h3-9H,15H2,1-2H3,(H,16,18). The van der Waals surface area contributed by atoms with Gasteiger partial charge in [0.2, 0.25) is 5.95 Å². The Bertz CT molecular complexity index is 729. The van der Waals surface area contributed by atoms with E-state index in [0.717, 1.165) is 22.7 Å². The highest BCUT2D eigenvalue weighted by Crippen LogP contribution is 2.21. The molecule has 0 radical (unpaired) electrons. The van der Waals surface area contributed by atoms with Crippen LogP contribution in [0.4, 0.5) is 23.0 Å². The lowest BCUT2D eigenvalue weighted by Crippen LogP contribution is -2.10. The number of aromatic nitrogens is 3. The molecule has 0 atom stereocenters. The van der Waals surface area contributed by atoms with Gasteiger partial charge in [-0.05, 0) is 36.4 Å². The van der Waals surface area contributed by atoms with E-state index in [1.807, 2.05) is 61.6 Å². The summed E-state index contributed by atoms with van der Waals surface area (Å²) in [6, 6.07) is 11.4. The van der Waals surface area contributed by atoms with Crippen molar-refractivity contribution in [3.8, 4) is 0 Å². The van der Waals surface area contributed by atoms with Gasteiger partial charge in [0.15, 0.2) is 5.65 Å². The molecule has 20 heavy (non-hydrogen) atoms. The molecule has 0 bridgehead atoms. The van der Waals surface area contributed by atoms with E-state index in [1.54, 1.807) is 4.52 Å². The summed E-state index contributed by atoms with van der Waals surface area (Å²) < 4.78 is 1.76. The van der Waals surface area contributed by atoms with Gasteiger partial charge in [-0.15, -0.1) is 5.10 Å². The van der Waals surface area contributed by atoms with Gasteiger partial charge in [-0.2, -0.15) is 4.98 Å². The Labute approximate surface area is 116 Å². The number of benzene rings is 1. The molecule has 6 heteroatoms. The van der Waals surface area contributed by atoms with Crippen LogP contribution in [0, 0.1) is 0 Å². The molecule has 3 N–H and O–H groups in total. The Morgan fingerprint density at radius 2 is 1.90 bits per heavy atom. The van der Waals surface area contributed by atoms with Gasteiger partial charge in [-0.3, -0.25) is 0 Å². The second-order valence-corrected chi connectivity index (χ2v) is 4.74. The zero-order valence-electron chi connectivity index (χ0n) is 11.4. The maximum Gasteiger partial charge on any atom is 0.247 e. The van der Waals surface area contributed by atoms with Gasteiger partial charge < -0.3 is 16.0 Å². The Morgan fingerprint density at radius 1 is 1.15 bits per heavy atom. The monoisotopic (exact) mass is 268 g/mol. The lowest BCUT2D eigenvalue weighted by Gasteiger charge is -2.11. The van der Waals surface area contributed by atoms with E-state index in [4.69, 9.17) is 5.73 Å². The van der Waals surface area contributed by atoms with Crippen LogP contribution < -0.4 is 16.0 Å². The summed E-state index contributed by atoms with van der Waals surface area (Å²) in [4.78, 5) is 6.53. The van der Waals surface area contributed by atoms with Gasteiger partial charge in [0.25, 0.3) is 0 Å². The van der Waals surface area contributed by atoms with E-state index < -0.39 is 0 Å². The van der Waals surface area contributed by atoms with Crippen molar-refractivity contribution in [2.45, 2.75) is 0 Å². The number of pyridine rings is 1. The molecule has 0 unspecified atom stereocenters. The van der Waals surface area contributed by atoms with Crippen LogP contribution in [0.25, 0.3) is 5.65 Å². The molecular weight excluding hydrogens is 252 g/mol. The average molecular weight is 268 g/mol. The van der Waals surface area contributed by atoms with Crippen LogP contribution >= 0.6 is 0 Å². The Kier molecular flexibility index (Phi) is 2.90. The smallest absolute Gasteiger partial charge is 0.247 e. The lowest BCUT2D eigenvalue weighted by molar-refractivity contribution is 0.958. The summed E-state index contributed by atoms with van der Waals surface area (Å²) in [6.07, 6.45) is 1.88. The number of nitrogens with two attached hydrogens (primary N) is 1. The second kappa shape index (κ2) is 4.73. The van der Waals surface area contributed by atoms with Crippen molar-refractivity contribution in [2.24, 2.45) is 0 Å². The zero-order valence-corrected chi connectivity index (χ0v) is 11.4. The number of nitrogens with one attached hydrogen (secondary N) is 1. The second-order valence-electron chi connectivity index (χ2n) is 4.74. The fourth-order valence-corrected chi connectivity index (χ4v) is 1.99. The molecule has 0 saturated carbocycles. The first-order valence-electron chi connectivity index (χ1n) is 6.29. The van der Waals surface area contributed by atoms with Crippen LogP contribution in [0.5, 0.6) is 0 Å². The van der Waals surface area contributed by atoms with E-state index in [-0.39, 0.29) is 0 Å². The molecule has 0 aliphatic heterocycles. The van der Waals surface area contributed by atoms with Crippen molar-refractivity contribution in [1.29, 1.82) is 0 Å². The van der Waals surface area contributed by atoms with Crippen molar-refractivity contribution in [3.05, 3.63) is 42.6 Å². The average Bonchev–Trinajstić information content (AvgIpc) is 2.83. The number of hydrogen-bond acceptors (Lipinski definition) is 5. The van der Waals surface area contributed by atoms with Crippen LogP contribution in [-0.2, 0) is 0 Å². The highest BCUT2D eigenvalue weighted by Gasteiger charge is 2.09. The van der Waals surface area contributed by atoms with E-state index in [1.165, 1.54) is 0 Å². The number of anilines is 4. The molecule has 0 aliphatic carbocycles. The quantitative estimate of drug-likeness (QED) is 0.712. The van der Waals surface area contributed by atoms with Crippen LogP contribution in [-0.4, -0.2) is 28.7 Å². The predicted molar refractivity (Wildman–Crippen MR) is 81.5 cm³/mol. The summed E-state index contributed by atoms with van der Waals surface area (Å²) in [6.45, 7) is 0. The number of hydrogen-bond donors (Lipinski definition) is 2. The predicted octanol–water partition coefficient (Wildman–Crippen LogP) is 2.12. The maximum absolute atomic E-state index is 5.67. The third-order valence-corrected chi connectivity index (χ3v) is 2.99. The Balaban J connectivity index is 1.97. The van der Waals surface area contributed by atoms with E-state index in [9.17, 15) is 0 Å². The minimum atomic E-state index is 0.559. The molecule has 0 amide bonds. The lowest BCUT2D eigenvalue weighted by atomic mass is 10.3. The maximum atomic E-state index is 5.67. The van der Waals surface area contributed by atoms with Crippen molar-refractivity contribution in [1.82, 2.24) is 14.6 Å². The highest BCUT2D eigenvalue weighted by molar-refractivity contribution is 5.70. The normalized spacial score (nSPS) is 10.7. The molecule has 2 heterocycles. The minimum Gasteiger partial charge on any atom is -0.399 e. The molecule has 3 rings (SSSR count). The number of nitrogen functional groups attached to an aromatic ring is 1. The Hall–Kier alpha value is -2.76. The molecule has 102 valence electrons. The third kappa shape index (κ3) is 2.23. The SMILES string of the molecule is CN(C)c1cccn2nc(Nc3ccc(N)cc3)nc12. The molecule has 3 aromatic rings. The Morgan fingerprint density at radius 3 is 2.60 bits per heavy atom. The third-order valence-electron chi connectivity index (χ3n) is 2.99. The summed E-state index contributed by atoms with van der Waals surface area (Å²) >= 11 is 0. The molecule has 2 aromatic heterocycles. The molecule has 0 fully saturated rings. The van der Waals surface area contributed by atoms with Gasteiger partial charge in [0.05, 0.1) is 5.69 Å². The first-order valence-corrected chi connectivity index (χ1v) is 6.29. The minimum absolute atomic E-state index is 0.559. The van der Waals surface area contributed by atoms with Gasteiger partial charge in [0, 0.05) is 31.7 Å². The molecule has 1 aromatic carbocycles. The van der Waals surface area contributed by atoms with E-state index in [0.29, 0.717) is 5.95 Å². The number of rotatable bonds is 3. The number of nitrogens with zero attached hydrogens (tertiary/aromatic N) is 4. The summed E-state index contributed by atoms with van der Waals surface area (Å²) in [5.41, 5.74) is 9.13. The fraction of sp³-hybridized carbons (Fsp3) is 0.143. The van der Waals surface area contributed by atoms with Gasteiger partial charge in [0.1, 0.15) is 0 Å². The molecular formula is C14H16N6. The van der Waals surface area contributed by atoms with Gasteiger partial charge >= 0.3 is 0 Å². The van der Waals surface area contributed by atoms with Crippen LogP contribution in [0.3, 0.4) is 0 Å². The zero-order chi connectivity index (χ0) is 14.1. The van der Waals surface area contributed by atoms with E-state index in [2.05, 4.69) is 15.4 Å². The fourth-order valence-electron chi connectivity index (χ4n) is 1.99. The van der Waals surface area contributed by atoms with Crippen LogP contribution in [0.1, 0.15) is 0 Å².